The molecule has 1 saturated heterocycles. The number of hydrogen-bond acceptors (Lipinski definition) is 6. The van der Waals surface area contributed by atoms with E-state index in [0.717, 1.165) is 29.8 Å². The number of carbonyl (C=O) groups excluding carboxylic acids is 2. The predicted molar refractivity (Wildman–Crippen MR) is 116 cm³/mol. The first-order valence-corrected chi connectivity index (χ1v) is 11.0. The van der Waals surface area contributed by atoms with Crippen molar-refractivity contribution < 1.29 is 19.1 Å². The third-order valence-corrected chi connectivity index (χ3v) is 6.09. The van der Waals surface area contributed by atoms with E-state index in [0.29, 0.717) is 50.6 Å². The van der Waals surface area contributed by atoms with Gasteiger partial charge in [-0.15, -0.1) is 5.10 Å². The number of nitrogens with zero attached hydrogens (tertiary/aromatic N) is 4. The Morgan fingerprint density at radius 1 is 1.28 bits per heavy atom. The van der Waals surface area contributed by atoms with Gasteiger partial charge in [0.05, 0.1) is 39.0 Å². The van der Waals surface area contributed by atoms with Crippen molar-refractivity contribution in [1.82, 2.24) is 30.5 Å². The summed E-state index contributed by atoms with van der Waals surface area (Å²) >= 11 is 0. The largest absolute Gasteiger partial charge is 0.497 e. The first kappa shape index (κ1) is 22.1. The molecule has 1 aromatic heterocycles. The summed E-state index contributed by atoms with van der Waals surface area (Å²) in [5.74, 6) is 0.734. The van der Waals surface area contributed by atoms with Gasteiger partial charge in [0.1, 0.15) is 17.0 Å². The number of carbonyl (C=O) groups is 2. The highest BCUT2D eigenvalue weighted by Gasteiger charge is 2.45. The van der Waals surface area contributed by atoms with Crippen molar-refractivity contribution in [3.05, 3.63) is 40.7 Å². The molecule has 0 saturated carbocycles. The SMILES string of the molecule is CCCNC(=O)NCc1nnn2c1COC1(CCN(C(=O)c3ccc(OC)cc3C)C1)C2. The highest BCUT2D eigenvalue weighted by atomic mass is 16.5. The van der Waals surface area contributed by atoms with E-state index < -0.39 is 5.60 Å². The van der Waals surface area contributed by atoms with Gasteiger partial charge in [-0.1, -0.05) is 12.1 Å². The molecular weight excluding hydrogens is 412 g/mol. The molecule has 1 aromatic carbocycles. The lowest BCUT2D eigenvalue weighted by molar-refractivity contribution is -0.0828. The van der Waals surface area contributed by atoms with Crippen LogP contribution in [0.3, 0.4) is 0 Å². The number of benzene rings is 1. The van der Waals surface area contributed by atoms with Gasteiger partial charge in [0.25, 0.3) is 5.91 Å². The Bertz CT molecular complexity index is 1010. The number of hydrogen-bond donors (Lipinski definition) is 2. The molecule has 0 aliphatic carbocycles. The summed E-state index contributed by atoms with van der Waals surface area (Å²) in [6.07, 6.45) is 1.61. The zero-order valence-corrected chi connectivity index (χ0v) is 18.8. The summed E-state index contributed by atoms with van der Waals surface area (Å²) in [4.78, 5) is 26.8. The quantitative estimate of drug-likeness (QED) is 0.703. The van der Waals surface area contributed by atoms with Crippen LogP contribution in [-0.4, -0.2) is 64.2 Å². The number of nitrogens with one attached hydrogen (secondary N) is 2. The van der Waals surface area contributed by atoms with E-state index in [2.05, 4.69) is 20.9 Å². The summed E-state index contributed by atoms with van der Waals surface area (Å²) in [6, 6.07) is 5.27. The van der Waals surface area contributed by atoms with E-state index in [4.69, 9.17) is 9.47 Å². The van der Waals surface area contributed by atoms with Crippen molar-refractivity contribution in [2.75, 3.05) is 26.7 Å². The van der Waals surface area contributed by atoms with Gasteiger partial charge in [0, 0.05) is 18.7 Å². The third-order valence-electron chi connectivity index (χ3n) is 6.09. The summed E-state index contributed by atoms with van der Waals surface area (Å²) in [6.45, 7) is 6.85. The maximum absolute atomic E-state index is 13.1. The molecule has 0 radical (unpaired) electrons. The zero-order chi connectivity index (χ0) is 22.7. The Morgan fingerprint density at radius 3 is 2.88 bits per heavy atom. The Balaban J connectivity index is 1.39. The van der Waals surface area contributed by atoms with Gasteiger partial charge in [-0.3, -0.25) is 4.79 Å². The normalized spacial score (nSPS) is 19.7. The molecule has 3 heterocycles. The summed E-state index contributed by atoms with van der Waals surface area (Å²) in [5, 5.41) is 14.1. The van der Waals surface area contributed by atoms with Crippen molar-refractivity contribution in [3.63, 3.8) is 0 Å². The van der Waals surface area contributed by atoms with Crippen molar-refractivity contribution in [2.24, 2.45) is 0 Å². The number of rotatable bonds is 6. The van der Waals surface area contributed by atoms with Crippen molar-refractivity contribution in [3.8, 4) is 5.75 Å². The molecule has 1 spiro atoms. The van der Waals surface area contributed by atoms with Crippen LogP contribution in [0.2, 0.25) is 0 Å². The molecule has 4 rings (SSSR count). The molecule has 2 N–H and O–H groups in total. The Morgan fingerprint density at radius 2 is 2.12 bits per heavy atom. The smallest absolute Gasteiger partial charge is 0.315 e. The van der Waals surface area contributed by atoms with Crippen LogP contribution >= 0.6 is 0 Å². The molecule has 10 heteroatoms. The molecule has 2 aromatic rings. The molecule has 2 aliphatic heterocycles. The highest BCUT2D eigenvalue weighted by Crippen LogP contribution is 2.33. The van der Waals surface area contributed by atoms with Crippen LogP contribution in [0.4, 0.5) is 4.79 Å². The Kier molecular flexibility index (Phi) is 6.31. The minimum absolute atomic E-state index is 0.00186. The molecule has 1 fully saturated rings. The molecule has 1 atom stereocenters. The lowest BCUT2D eigenvalue weighted by Gasteiger charge is -2.34. The van der Waals surface area contributed by atoms with Crippen molar-refractivity contribution in [2.45, 2.75) is 52.0 Å². The summed E-state index contributed by atoms with van der Waals surface area (Å²) in [5.41, 5.74) is 2.65. The number of amides is 3. The van der Waals surface area contributed by atoms with Crippen LogP contribution in [0.5, 0.6) is 5.75 Å². The average Bonchev–Trinajstić information content (AvgIpc) is 3.39. The van der Waals surface area contributed by atoms with Gasteiger partial charge < -0.3 is 25.0 Å². The van der Waals surface area contributed by atoms with Crippen LogP contribution in [0, 0.1) is 6.92 Å². The minimum Gasteiger partial charge on any atom is -0.497 e. The molecular formula is C22H30N6O4. The monoisotopic (exact) mass is 442 g/mol. The number of ether oxygens (including phenoxy) is 2. The summed E-state index contributed by atoms with van der Waals surface area (Å²) < 4.78 is 13.3. The number of methoxy groups -OCH3 is 1. The van der Waals surface area contributed by atoms with Gasteiger partial charge in [-0.25, -0.2) is 9.48 Å². The number of urea groups is 1. The highest BCUT2D eigenvalue weighted by molar-refractivity contribution is 5.96. The van der Waals surface area contributed by atoms with E-state index in [9.17, 15) is 9.59 Å². The number of likely N-dealkylation sites (tertiary alicyclic amines) is 1. The minimum atomic E-state index is -0.472. The summed E-state index contributed by atoms with van der Waals surface area (Å²) in [7, 11) is 1.61. The van der Waals surface area contributed by atoms with Crippen LogP contribution in [-0.2, 0) is 24.4 Å². The molecule has 32 heavy (non-hydrogen) atoms. The fourth-order valence-corrected chi connectivity index (χ4v) is 4.23. The van der Waals surface area contributed by atoms with E-state index in [1.165, 1.54) is 0 Å². The molecule has 0 bridgehead atoms. The zero-order valence-electron chi connectivity index (χ0n) is 18.8. The van der Waals surface area contributed by atoms with Gasteiger partial charge >= 0.3 is 6.03 Å². The second-order valence-corrected chi connectivity index (χ2v) is 8.38. The number of fused-ring (bicyclic) bond motifs is 1. The Hall–Kier alpha value is -3.14. The van der Waals surface area contributed by atoms with Crippen molar-refractivity contribution in [1.29, 1.82) is 0 Å². The van der Waals surface area contributed by atoms with Crippen LogP contribution < -0.4 is 15.4 Å². The Labute approximate surface area is 187 Å². The van der Waals surface area contributed by atoms with Gasteiger partial charge in [0.15, 0.2) is 0 Å². The van der Waals surface area contributed by atoms with Crippen LogP contribution in [0.25, 0.3) is 0 Å². The first-order valence-electron chi connectivity index (χ1n) is 11.0. The standard InChI is InChI=1S/C22H30N6O4/c1-4-8-23-21(30)24-11-18-19-12-32-22(14-28(19)26-25-18)7-9-27(13-22)20(29)17-6-5-16(31-3)10-15(17)2/h5-6,10H,4,7-9,11-14H2,1-3H3,(H2,23,24,30). The van der Waals surface area contributed by atoms with E-state index in [1.807, 2.05) is 41.6 Å². The van der Waals surface area contributed by atoms with Gasteiger partial charge in [0.2, 0.25) is 0 Å². The average molecular weight is 443 g/mol. The third kappa shape index (κ3) is 4.40. The molecule has 1 unspecified atom stereocenters. The van der Waals surface area contributed by atoms with Gasteiger partial charge in [-0.2, -0.15) is 0 Å². The molecule has 172 valence electrons. The van der Waals surface area contributed by atoms with Crippen LogP contribution in [0.15, 0.2) is 18.2 Å². The second kappa shape index (κ2) is 9.15. The topological polar surface area (TPSA) is 111 Å². The molecule has 10 nitrogen and oxygen atoms in total. The lowest BCUT2D eigenvalue weighted by atomic mass is 10.0. The fourth-order valence-electron chi connectivity index (χ4n) is 4.23. The van der Waals surface area contributed by atoms with E-state index in [-0.39, 0.29) is 11.9 Å². The predicted octanol–water partition coefficient (Wildman–Crippen LogP) is 1.62. The number of aryl methyl sites for hydroxylation is 1. The maximum atomic E-state index is 13.1. The second-order valence-electron chi connectivity index (χ2n) is 8.38. The van der Waals surface area contributed by atoms with Crippen LogP contribution in [0.1, 0.15) is 47.1 Å². The van der Waals surface area contributed by atoms with Gasteiger partial charge in [-0.05, 0) is 43.5 Å². The first-order chi connectivity index (χ1) is 15.4. The lowest BCUT2D eigenvalue weighted by Crippen LogP contribution is -2.45. The fraction of sp³-hybridized carbons (Fsp3) is 0.545. The van der Waals surface area contributed by atoms with E-state index in [1.54, 1.807) is 7.11 Å². The maximum Gasteiger partial charge on any atom is 0.315 e. The number of aromatic nitrogens is 3. The molecule has 3 amide bonds. The van der Waals surface area contributed by atoms with Crippen molar-refractivity contribution >= 4 is 11.9 Å². The molecule has 2 aliphatic rings. The van der Waals surface area contributed by atoms with E-state index >= 15 is 0 Å².